The number of furan rings is 2. The van der Waals surface area contributed by atoms with Gasteiger partial charge in [-0.05, 0) is 80.7 Å². The maximum Gasteiger partial charge on any atom is 0.160 e. The van der Waals surface area contributed by atoms with Gasteiger partial charge in [0.05, 0.1) is 0 Å². The summed E-state index contributed by atoms with van der Waals surface area (Å²) in [7, 11) is 0. The van der Waals surface area contributed by atoms with Gasteiger partial charge in [0.1, 0.15) is 34.3 Å². The van der Waals surface area contributed by atoms with E-state index in [0.717, 1.165) is 77.5 Å². The molecule has 2 aromatic heterocycles. The van der Waals surface area contributed by atoms with Crippen LogP contribution in [-0.2, 0) is 0 Å². The molecule has 1 aliphatic rings. The fourth-order valence-corrected chi connectivity index (χ4v) is 7.84. The van der Waals surface area contributed by atoms with Crippen molar-refractivity contribution in [1.82, 2.24) is 5.32 Å². The molecule has 10 aromatic rings. The molecule has 0 spiro atoms. The van der Waals surface area contributed by atoms with Crippen molar-refractivity contribution >= 4 is 77.1 Å². The molecule has 1 aliphatic heterocycles. The summed E-state index contributed by atoms with van der Waals surface area (Å²) in [6, 6.07) is 57.0. The van der Waals surface area contributed by atoms with Gasteiger partial charge in [-0.2, -0.15) is 0 Å². The van der Waals surface area contributed by atoms with Crippen LogP contribution in [0.5, 0.6) is 0 Å². The van der Waals surface area contributed by atoms with E-state index in [-0.39, 0.29) is 6.17 Å². The average molecular weight is 668 g/mol. The minimum Gasteiger partial charge on any atom is -0.456 e. The van der Waals surface area contributed by atoms with Gasteiger partial charge in [0.2, 0.25) is 0 Å². The third-order valence-corrected chi connectivity index (χ3v) is 10.3. The normalized spacial score (nSPS) is 14.7. The van der Waals surface area contributed by atoms with Crippen LogP contribution >= 0.6 is 0 Å². The number of amidine groups is 2. The maximum absolute atomic E-state index is 6.47. The Morgan fingerprint density at radius 3 is 1.98 bits per heavy atom. The van der Waals surface area contributed by atoms with Gasteiger partial charge in [-0.1, -0.05) is 121 Å². The Labute approximate surface area is 298 Å². The third kappa shape index (κ3) is 4.49. The van der Waals surface area contributed by atoms with Crippen molar-refractivity contribution in [2.24, 2.45) is 9.98 Å². The molecule has 1 unspecified atom stereocenters. The van der Waals surface area contributed by atoms with Crippen molar-refractivity contribution < 1.29 is 8.83 Å². The number of hydrogen-bond acceptors (Lipinski definition) is 5. The molecule has 52 heavy (non-hydrogen) atoms. The van der Waals surface area contributed by atoms with Crippen LogP contribution in [0.3, 0.4) is 0 Å². The average Bonchev–Trinajstić information content (AvgIpc) is 3.78. The Bertz CT molecular complexity index is 3110. The Morgan fingerprint density at radius 1 is 0.462 bits per heavy atom. The SMILES string of the molecule is c1ccc(C2N=C(c3c(-c4ccc5ccc6ccccc6c5c4)ccc4oc5ccccc5c34)N=C(c3ccc4c(c3)oc3ccccc34)N2)cc1. The molecule has 0 aliphatic carbocycles. The van der Waals surface area contributed by atoms with Crippen LogP contribution in [0.25, 0.3) is 76.5 Å². The summed E-state index contributed by atoms with van der Waals surface area (Å²) in [6.45, 7) is 0. The Hall–Kier alpha value is -6.98. The van der Waals surface area contributed by atoms with Crippen molar-refractivity contribution in [3.05, 3.63) is 180 Å². The minimum absolute atomic E-state index is 0.378. The molecule has 5 heteroatoms. The predicted molar refractivity (Wildman–Crippen MR) is 213 cm³/mol. The minimum atomic E-state index is -0.378. The van der Waals surface area contributed by atoms with E-state index in [1.807, 2.05) is 48.5 Å². The molecular formula is C47H29N3O2. The molecular weight excluding hydrogens is 639 g/mol. The molecule has 0 saturated carbocycles. The van der Waals surface area contributed by atoms with Crippen molar-refractivity contribution in [3.8, 4) is 11.1 Å². The molecule has 0 amide bonds. The van der Waals surface area contributed by atoms with Crippen molar-refractivity contribution in [2.45, 2.75) is 6.17 Å². The second-order valence-corrected chi connectivity index (χ2v) is 13.4. The standard InChI is InChI=1S/C47H29N3O2/c1-2-11-30(12-3-1)45-48-46(32-22-23-36-35-14-6-8-16-39(35)52-42(36)27-32)50-47(49-45)44-34(24-25-41-43(44)37-15-7-9-17-40(37)51-41)31-21-20-29-19-18-28-10-4-5-13-33(28)38(29)26-31/h1-27,45H,(H,48,49,50). The van der Waals surface area contributed by atoms with Gasteiger partial charge < -0.3 is 14.2 Å². The van der Waals surface area contributed by atoms with Crippen molar-refractivity contribution in [3.63, 3.8) is 0 Å². The molecule has 244 valence electrons. The molecule has 8 aromatic carbocycles. The number of aliphatic imine (C=N–C) groups is 2. The van der Waals surface area contributed by atoms with E-state index in [0.29, 0.717) is 5.84 Å². The lowest BCUT2D eigenvalue weighted by atomic mass is 9.91. The molecule has 0 bridgehead atoms. The number of hydrogen-bond donors (Lipinski definition) is 1. The van der Waals surface area contributed by atoms with Crippen LogP contribution in [0, 0.1) is 0 Å². The second-order valence-electron chi connectivity index (χ2n) is 13.4. The van der Waals surface area contributed by atoms with Crippen LogP contribution < -0.4 is 5.32 Å². The summed E-state index contributed by atoms with van der Waals surface area (Å²) in [5, 5.41) is 12.7. The van der Waals surface area contributed by atoms with Crippen LogP contribution in [0.2, 0.25) is 0 Å². The molecule has 0 radical (unpaired) electrons. The van der Waals surface area contributed by atoms with Gasteiger partial charge in [-0.3, -0.25) is 0 Å². The highest BCUT2D eigenvalue weighted by molar-refractivity contribution is 6.25. The third-order valence-electron chi connectivity index (χ3n) is 10.3. The zero-order valence-electron chi connectivity index (χ0n) is 27.9. The zero-order valence-corrected chi connectivity index (χ0v) is 27.9. The van der Waals surface area contributed by atoms with Gasteiger partial charge >= 0.3 is 0 Å². The monoisotopic (exact) mass is 667 g/mol. The first-order chi connectivity index (χ1) is 25.7. The second kappa shape index (κ2) is 11.3. The number of para-hydroxylation sites is 2. The summed E-state index contributed by atoms with van der Waals surface area (Å²) in [5.74, 6) is 1.36. The summed E-state index contributed by atoms with van der Waals surface area (Å²) >= 11 is 0. The summed E-state index contributed by atoms with van der Waals surface area (Å²) in [6.07, 6.45) is -0.378. The van der Waals surface area contributed by atoms with Gasteiger partial charge in [0, 0.05) is 32.7 Å². The van der Waals surface area contributed by atoms with Gasteiger partial charge in [-0.25, -0.2) is 9.98 Å². The van der Waals surface area contributed by atoms with Gasteiger partial charge in [-0.15, -0.1) is 0 Å². The summed E-state index contributed by atoms with van der Waals surface area (Å²) < 4.78 is 12.8. The molecule has 1 atom stereocenters. The van der Waals surface area contributed by atoms with Gasteiger partial charge in [0.15, 0.2) is 5.84 Å². The highest BCUT2D eigenvalue weighted by Crippen LogP contribution is 2.40. The molecule has 0 fully saturated rings. The predicted octanol–water partition coefficient (Wildman–Crippen LogP) is 12.0. The largest absolute Gasteiger partial charge is 0.456 e. The van der Waals surface area contributed by atoms with E-state index < -0.39 is 0 Å². The van der Waals surface area contributed by atoms with E-state index >= 15 is 0 Å². The smallest absolute Gasteiger partial charge is 0.160 e. The molecule has 3 heterocycles. The number of nitrogens with zero attached hydrogens (tertiary/aromatic N) is 2. The first-order valence-corrected chi connectivity index (χ1v) is 17.5. The summed E-state index contributed by atoms with van der Waals surface area (Å²) in [4.78, 5) is 10.7. The first kappa shape index (κ1) is 28.8. The lowest BCUT2D eigenvalue weighted by Gasteiger charge is -2.25. The van der Waals surface area contributed by atoms with E-state index in [9.17, 15) is 0 Å². The quantitative estimate of drug-likeness (QED) is 0.190. The number of fused-ring (bicyclic) bond motifs is 9. The number of benzene rings is 8. The zero-order chi connectivity index (χ0) is 34.2. The van der Waals surface area contributed by atoms with E-state index in [2.05, 4.69) is 121 Å². The van der Waals surface area contributed by atoms with E-state index in [4.69, 9.17) is 18.8 Å². The fourth-order valence-electron chi connectivity index (χ4n) is 7.84. The summed E-state index contributed by atoms with van der Waals surface area (Å²) in [5.41, 5.74) is 8.33. The van der Waals surface area contributed by atoms with Crippen LogP contribution in [0.1, 0.15) is 22.9 Å². The van der Waals surface area contributed by atoms with E-state index in [1.54, 1.807) is 0 Å². The Morgan fingerprint density at radius 2 is 1.12 bits per heavy atom. The maximum atomic E-state index is 6.47. The highest BCUT2D eigenvalue weighted by Gasteiger charge is 2.26. The fraction of sp³-hybridized carbons (Fsp3) is 0.0213. The van der Waals surface area contributed by atoms with Crippen molar-refractivity contribution in [1.29, 1.82) is 0 Å². The Kier molecular flexibility index (Phi) is 6.25. The molecule has 0 saturated heterocycles. The molecule has 5 nitrogen and oxygen atoms in total. The van der Waals surface area contributed by atoms with Gasteiger partial charge in [0.25, 0.3) is 0 Å². The lowest BCUT2D eigenvalue weighted by Crippen LogP contribution is -2.33. The highest BCUT2D eigenvalue weighted by atomic mass is 16.3. The van der Waals surface area contributed by atoms with E-state index in [1.165, 1.54) is 21.5 Å². The van der Waals surface area contributed by atoms with Crippen LogP contribution in [0.4, 0.5) is 0 Å². The number of nitrogens with one attached hydrogen (secondary N) is 1. The van der Waals surface area contributed by atoms with Crippen LogP contribution in [0.15, 0.2) is 183 Å². The number of rotatable bonds is 4. The van der Waals surface area contributed by atoms with Crippen LogP contribution in [-0.4, -0.2) is 11.7 Å². The lowest BCUT2D eigenvalue weighted by molar-refractivity contribution is 0.666. The van der Waals surface area contributed by atoms with Crippen molar-refractivity contribution in [2.75, 3.05) is 0 Å². The first-order valence-electron chi connectivity index (χ1n) is 17.5. The molecule has 11 rings (SSSR count). The Balaban J connectivity index is 1.18. The topological polar surface area (TPSA) is 63.0 Å². The molecule has 1 N–H and O–H groups in total.